The number of ether oxygens (including phenoxy) is 2. The Labute approximate surface area is 174 Å². The summed E-state index contributed by atoms with van der Waals surface area (Å²) >= 11 is 0. The maximum Gasteiger partial charge on any atom is 0.191 e. The zero-order valence-electron chi connectivity index (χ0n) is 17.4. The fourth-order valence-electron chi connectivity index (χ4n) is 2.77. The van der Waals surface area contributed by atoms with Crippen molar-refractivity contribution in [2.75, 3.05) is 33.4 Å². The smallest absolute Gasteiger partial charge is 0.191 e. The van der Waals surface area contributed by atoms with Crippen LogP contribution in [0.4, 0.5) is 0 Å². The molecule has 0 fully saturated rings. The first-order valence-electron chi connectivity index (χ1n) is 10.2. The second kappa shape index (κ2) is 13.6. The molecule has 29 heavy (non-hydrogen) atoms. The molecule has 0 aliphatic carbocycles. The van der Waals surface area contributed by atoms with Crippen LogP contribution in [0.3, 0.4) is 0 Å². The van der Waals surface area contributed by atoms with E-state index in [0.29, 0.717) is 32.1 Å². The molecule has 0 aliphatic heterocycles. The average Bonchev–Trinajstić information content (AvgIpc) is 2.76. The van der Waals surface area contributed by atoms with Crippen LogP contribution >= 0.6 is 0 Å². The highest BCUT2D eigenvalue weighted by Crippen LogP contribution is 2.11. The summed E-state index contributed by atoms with van der Waals surface area (Å²) in [5.74, 6) is 1.51. The minimum absolute atomic E-state index is 0.425. The van der Waals surface area contributed by atoms with Crippen LogP contribution in [-0.4, -0.2) is 50.6 Å². The van der Waals surface area contributed by atoms with Gasteiger partial charge in [0.15, 0.2) is 5.96 Å². The van der Waals surface area contributed by atoms with Gasteiger partial charge in [0.2, 0.25) is 0 Å². The van der Waals surface area contributed by atoms with Crippen LogP contribution in [0.1, 0.15) is 24.5 Å². The minimum atomic E-state index is -0.492. The van der Waals surface area contributed by atoms with E-state index >= 15 is 0 Å². The van der Waals surface area contributed by atoms with Crippen molar-refractivity contribution in [3.8, 4) is 5.75 Å². The monoisotopic (exact) mass is 399 g/mol. The van der Waals surface area contributed by atoms with Gasteiger partial charge in [0.25, 0.3) is 0 Å². The van der Waals surface area contributed by atoms with E-state index in [9.17, 15) is 5.11 Å². The lowest BCUT2D eigenvalue weighted by atomic mass is 10.1. The number of hydrogen-bond acceptors (Lipinski definition) is 4. The zero-order valence-corrected chi connectivity index (χ0v) is 17.4. The van der Waals surface area contributed by atoms with Gasteiger partial charge in [-0.1, -0.05) is 42.5 Å². The standard InChI is InChI=1S/C23H33N3O3/c1-3-29-15-7-14-24-23(25-17-20-10-12-22(28-2)13-11-20)26-18-21(27)16-19-8-5-4-6-9-19/h4-6,8-13,21,27H,3,7,14-18H2,1-2H3,(H2,24,25,26). The van der Waals surface area contributed by atoms with E-state index in [1.54, 1.807) is 7.11 Å². The number of guanidine groups is 1. The van der Waals surface area contributed by atoms with Crippen LogP contribution in [0.2, 0.25) is 0 Å². The highest BCUT2D eigenvalue weighted by molar-refractivity contribution is 5.79. The third kappa shape index (κ3) is 9.45. The van der Waals surface area contributed by atoms with E-state index in [1.807, 2.05) is 61.5 Å². The highest BCUT2D eigenvalue weighted by atomic mass is 16.5. The summed E-state index contributed by atoms with van der Waals surface area (Å²) in [4.78, 5) is 4.65. The van der Waals surface area contributed by atoms with Crippen molar-refractivity contribution in [2.45, 2.75) is 32.4 Å². The molecule has 0 amide bonds. The molecule has 2 aromatic carbocycles. The Kier molecular flexibility index (Phi) is 10.6. The van der Waals surface area contributed by atoms with Gasteiger partial charge in [-0.25, -0.2) is 4.99 Å². The molecule has 158 valence electrons. The third-order valence-corrected chi connectivity index (χ3v) is 4.36. The summed E-state index contributed by atoms with van der Waals surface area (Å²) in [6.45, 7) is 5.15. The van der Waals surface area contributed by atoms with Gasteiger partial charge in [0.1, 0.15) is 5.75 Å². The maximum absolute atomic E-state index is 10.4. The Hall–Kier alpha value is -2.57. The maximum atomic E-state index is 10.4. The molecule has 6 nitrogen and oxygen atoms in total. The molecule has 1 unspecified atom stereocenters. The molecule has 6 heteroatoms. The number of nitrogens with one attached hydrogen (secondary N) is 2. The second-order valence-corrected chi connectivity index (χ2v) is 6.71. The lowest BCUT2D eigenvalue weighted by Gasteiger charge is -2.16. The van der Waals surface area contributed by atoms with E-state index in [0.717, 1.165) is 36.4 Å². The summed E-state index contributed by atoms with van der Waals surface area (Å²) in [5.41, 5.74) is 2.20. The van der Waals surface area contributed by atoms with Crippen molar-refractivity contribution in [1.29, 1.82) is 0 Å². The number of nitrogens with zero attached hydrogens (tertiary/aromatic N) is 1. The fraction of sp³-hybridized carbons (Fsp3) is 0.435. The van der Waals surface area contributed by atoms with Crippen molar-refractivity contribution >= 4 is 5.96 Å². The Morgan fingerprint density at radius 1 is 1.03 bits per heavy atom. The average molecular weight is 400 g/mol. The van der Waals surface area contributed by atoms with Gasteiger partial charge in [-0.2, -0.15) is 0 Å². The first kappa shape index (κ1) is 22.7. The number of benzene rings is 2. The van der Waals surface area contributed by atoms with Crippen LogP contribution in [0.25, 0.3) is 0 Å². The van der Waals surface area contributed by atoms with Gasteiger partial charge in [0, 0.05) is 32.7 Å². The van der Waals surface area contributed by atoms with Crippen LogP contribution in [-0.2, 0) is 17.7 Å². The largest absolute Gasteiger partial charge is 0.497 e. The molecule has 0 heterocycles. The number of methoxy groups -OCH3 is 1. The molecule has 0 saturated heterocycles. The SMILES string of the molecule is CCOCCCNC(=NCc1ccc(OC)cc1)NCC(O)Cc1ccccc1. The summed E-state index contributed by atoms with van der Waals surface area (Å²) in [6, 6.07) is 17.8. The Balaban J connectivity index is 1.88. The van der Waals surface area contributed by atoms with Gasteiger partial charge in [-0.3, -0.25) is 0 Å². The van der Waals surface area contributed by atoms with Crippen molar-refractivity contribution in [2.24, 2.45) is 4.99 Å². The summed E-state index contributed by atoms with van der Waals surface area (Å²) in [7, 11) is 1.65. The van der Waals surface area contributed by atoms with E-state index < -0.39 is 6.10 Å². The van der Waals surface area contributed by atoms with Gasteiger partial charge in [-0.15, -0.1) is 0 Å². The van der Waals surface area contributed by atoms with E-state index in [4.69, 9.17) is 9.47 Å². The molecule has 3 N–H and O–H groups in total. The number of aliphatic hydroxyl groups excluding tert-OH is 1. The normalized spacial score (nSPS) is 12.4. The molecule has 0 spiro atoms. The lowest BCUT2D eigenvalue weighted by molar-refractivity contribution is 0.145. The van der Waals surface area contributed by atoms with Crippen molar-refractivity contribution in [3.05, 3.63) is 65.7 Å². The van der Waals surface area contributed by atoms with Crippen LogP contribution < -0.4 is 15.4 Å². The molecule has 0 aromatic heterocycles. The molecule has 0 saturated carbocycles. The van der Waals surface area contributed by atoms with Crippen LogP contribution in [0.5, 0.6) is 5.75 Å². The van der Waals surface area contributed by atoms with E-state index in [1.165, 1.54) is 0 Å². The van der Waals surface area contributed by atoms with Crippen molar-refractivity contribution in [3.63, 3.8) is 0 Å². The topological polar surface area (TPSA) is 75.1 Å². The Morgan fingerprint density at radius 3 is 2.48 bits per heavy atom. The van der Waals surface area contributed by atoms with Crippen molar-refractivity contribution in [1.82, 2.24) is 10.6 Å². The van der Waals surface area contributed by atoms with E-state index in [2.05, 4.69) is 15.6 Å². The summed E-state index contributed by atoms with van der Waals surface area (Å²) < 4.78 is 10.6. The first-order valence-corrected chi connectivity index (χ1v) is 10.2. The number of aliphatic imine (C=N–C) groups is 1. The molecule has 0 radical (unpaired) electrons. The highest BCUT2D eigenvalue weighted by Gasteiger charge is 2.07. The summed E-state index contributed by atoms with van der Waals surface area (Å²) in [5, 5.41) is 16.9. The first-order chi connectivity index (χ1) is 14.2. The summed E-state index contributed by atoms with van der Waals surface area (Å²) in [6.07, 6.45) is 1.00. The minimum Gasteiger partial charge on any atom is -0.497 e. The Bertz CT molecular complexity index is 705. The molecule has 1 atom stereocenters. The van der Waals surface area contributed by atoms with Crippen LogP contribution in [0.15, 0.2) is 59.6 Å². The molecule has 0 bridgehead atoms. The van der Waals surface area contributed by atoms with E-state index in [-0.39, 0.29) is 0 Å². The molecular weight excluding hydrogens is 366 g/mol. The van der Waals surface area contributed by atoms with Gasteiger partial charge >= 0.3 is 0 Å². The quantitative estimate of drug-likeness (QED) is 0.291. The van der Waals surface area contributed by atoms with Gasteiger partial charge in [0.05, 0.1) is 19.8 Å². The predicted molar refractivity (Wildman–Crippen MR) is 117 cm³/mol. The lowest BCUT2D eigenvalue weighted by Crippen LogP contribution is -2.42. The van der Waals surface area contributed by atoms with Gasteiger partial charge < -0.3 is 25.2 Å². The number of aliphatic hydroxyl groups is 1. The number of hydrogen-bond donors (Lipinski definition) is 3. The molecule has 2 rings (SSSR count). The zero-order chi connectivity index (χ0) is 20.7. The van der Waals surface area contributed by atoms with Crippen molar-refractivity contribution < 1.29 is 14.6 Å². The second-order valence-electron chi connectivity index (χ2n) is 6.71. The van der Waals surface area contributed by atoms with Gasteiger partial charge in [-0.05, 0) is 36.6 Å². The third-order valence-electron chi connectivity index (χ3n) is 4.36. The Morgan fingerprint density at radius 2 is 1.79 bits per heavy atom. The number of rotatable bonds is 12. The molecule has 0 aliphatic rings. The predicted octanol–water partition coefficient (Wildman–Crippen LogP) is 2.76. The molecular formula is C23H33N3O3. The fourth-order valence-corrected chi connectivity index (χ4v) is 2.77. The molecule has 2 aromatic rings. The van der Waals surface area contributed by atoms with Crippen LogP contribution in [0, 0.1) is 0 Å².